The summed E-state index contributed by atoms with van der Waals surface area (Å²) in [6.07, 6.45) is 0. The number of hydrogen-bond acceptors (Lipinski definition) is 5. The van der Waals surface area contributed by atoms with Gasteiger partial charge in [0.05, 0.1) is 5.69 Å². The lowest BCUT2D eigenvalue weighted by Gasteiger charge is -2.08. The fourth-order valence-corrected chi connectivity index (χ4v) is 1.76. The molecule has 0 aliphatic carbocycles. The van der Waals surface area contributed by atoms with Crippen LogP contribution < -0.4 is 14.7 Å². The van der Waals surface area contributed by atoms with Crippen molar-refractivity contribution in [1.29, 1.82) is 0 Å². The fraction of sp³-hybridized carbons (Fsp3) is 0. The van der Waals surface area contributed by atoms with Gasteiger partial charge in [-0.15, -0.1) is 0 Å². The van der Waals surface area contributed by atoms with E-state index in [2.05, 4.69) is 4.18 Å². The fourth-order valence-electron chi connectivity index (χ4n) is 1.40. The molecule has 2 rings (SSSR count). The SMILES string of the molecule is Nc1cc(Oc2ccccc2)ccc1OS(=O)(=O)F. The highest BCUT2D eigenvalue weighted by Gasteiger charge is 2.13. The molecule has 0 atom stereocenters. The molecule has 0 amide bonds. The second-order valence-corrected chi connectivity index (χ2v) is 4.54. The van der Waals surface area contributed by atoms with Crippen molar-refractivity contribution in [3.63, 3.8) is 0 Å². The maximum atomic E-state index is 12.4. The Morgan fingerprint density at radius 3 is 2.26 bits per heavy atom. The first-order valence-corrected chi connectivity index (χ1v) is 6.51. The molecule has 0 aromatic heterocycles. The summed E-state index contributed by atoms with van der Waals surface area (Å²) >= 11 is 0. The lowest BCUT2D eigenvalue weighted by molar-refractivity contribution is 0.439. The molecule has 5 nitrogen and oxygen atoms in total. The lowest BCUT2D eigenvalue weighted by atomic mass is 10.3. The first-order chi connectivity index (χ1) is 8.94. The molecule has 0 spiro atoms. The molecule has 2 N–H and O–H groups in total. The van der Waals surface area contributed by atoms with Gasteiger partial charge in [0.2, 0.25) is 0 Å². The van der Waals surface area contributed by atoms with Crippen LogP contribution >= 0.6 is 0 Å². The van der Waals surface area contributed by atoms with Crippen LogP contribution in [-0.4, -0.2) is 8.42 Å². The molecule has 7 heteroatoms. The average molecular weight is 283 g/mol. The van der Waals surface area contributed by atoms with Crippen LogP contribution in [0.15, 0.2) is 48.5 Å². The monoisotopic (exact) mass is 283 g/mol. The quantitative estimate of drug-likeness (QED) is 0.689. The Morgan fingerprint density at radius 2 is 1.68 bits per heavy atom. The zero-order chi connectivity index (χ0) is 13.9. The molecule has 2 aromatic carbocycles. The van der Waals surface area contributed by atoms with Crippen LogP contribution in [0.4, 0.5) is 9.57 Å². The van der Waals surface area contributed by atoms with Gasteiger partial charge in [-0.2, -0.15) is 8.42 Å². The van der Waals surface area contributed by atoms with Crippen LogP contribution in [0.25, 0.3) is 0 Å². The normalized spacial score (nSPS) is 11.0. The summed E-state index contributed by atoms with van der Waals surface area (Å²) in [5, 5.41) is 0. The van der Waals surface area contributed by atoms with Crippen LogP contribution in [0.1, 0.15) is 0 Å². The van der Waals surface area contributed by atoms with Gasteiger partial charge in [-0.05, 0) is 24.3 Å². The predicted molar refractivity (Wildman–Crippen MR) is 68.0 cm³/mol. The Balaban J connectivity index is 2.20. The van der Waals surface area contributed by atoms with E-state index in [1.165, 1.54) is 18.2 Å². The van der Waals surface area contributed by atoms with Gasteiger partial charge in [-0.25, -0.2) is 0 Å². The van der Waals surface area contributed by atoms with Gasteiger partial charge in [0, 0.05) is 6.07 Å². The van der Waals surface area contributed by atoms with Gasteiger partial charge >= 0.3 is 10.5 Å². The Labute approximate surface area is 109 Å². The van der Waals surface area contributed by atoms with Crippen molar-refractivity contribution in [2.45, 2.75) is 0 Å². The molecule has 0 radical (unpaired) electrons. The van der Waals surface area contributed by atoms with Crippen molar-refractivity contribution in [1.82, 2.24) is 0 Å². The number of benzene rings is 2. The van der Waals surface area contributed by atoms with E-state index in [1.807, 2.05) is 6.07 Å². The zero-order valence-electron chi connectivity index (χ0n) is 9.62. The van der Waals surface area contributed by atoms with Gasteiger partial charge < -0.3 is 14.7 Å². The number of rotatable bonds is 4. The lowest BCUT2D eigenvalue weighted by Crippen LogP contribution is -2.03. The predicted octanol–water partition coefficient (Wildman–Crippen LogP) is 2.65. The van der Waals surface area contributed by atoms with E-state index in [0.29, 0.717) is 11.5 Å². The number of nitrogens with two attached hydrogens (primary N) is 1. The van der Waals surface area contributed by atoms with Crippen molar-refractivity contribution in [3.8, 4) is 17.2 Å². The highest BCUT2D eigenvalue weighted by molar-refractivity contribution is 7.81. The van der Waals surface area contributed by atoms with E-state index in [1.54, 1.807) is 24.3 Å². The molecule has 0 bridgehead atoms. The molecule has 0 aliphatic heterocycles. The van der Waals surface area contributed by atoms with Crippen LogP contribution in [0.2, 0.25) is 0 Å². The van der Waals surface area contributed by atoms with Crippen molar-refractivity contribution >= 4 is 16.2 Å². The van der Waals surface area contributed by atoms with Crippen molar-refractivity contribution in [2.75, 3.05) is 5.73 Å². The highest BCUT2D eigenvalue weighted by atomic mass is 32.3. The first-order valence-electron chi connectivity index (χ1n) is 5.20. The number of nitrogen functional groups attached to an aromatic ring is 1. The average Bonchev–Trinajstić information content (AvgIpc) is 2.33. The first kappa shape index (κ1) is 13.2. The van der Waals surface area contributed by atoms with Crippen LogP contribution in [-0.2, 0) is 10.5 Å². The molecule has 0 heterocycles. The third kappa shape index (κ3) is 3.85. The van der Waals surface area contributed by atoms with Gasteiger partial charge in [0.1, 0.15) is 11.5 Å². The molecule has 19 heavy (non-hydrogen) atoms. The van der Waals surface area contributed by atoms with Crippen LogP contribution in [0.3, 0.4) is 0 Å². The molecule has 0 aliphatic rings. The summed E-state index contributed by atoms with van der Waals surface area (Å²) in [5.41, 5.74) is 5.50. The second kappa shape index (κ2) is 5.15. The summed E-state index contributed by atoms with van der Waals surface area (Å²) in [6.45, 7) is 0. The minimum atomic E-state index is -5.09. The van der Waals surface area contributed by atoms with E-state index in [-0.39, 0.29) is 11.4 Å². The summed E-state index contributed by atoms with van der Waals surface area (Å²) in [6, 6.07) is 12.9. The Bertz CT molecular complexity index is 673. The molecule has 0 saturated carbocycles. The molecule has 0 unspecified atom stereocenters. The van der Waals surface area contributed by atoms with Gasteiger partial charge in [-0.3, -0.25) is 0 Å². The van der Waals surface area contributed by atoms with Crippen LogP contribution in [0.5, 0.6) is 17.2 Å². The molecule has 0 saturated heterocycles. The number of hydrogen-bond donors (Lipinski definition) is 1. The molecular formula is C12H10FNO4S. The van der Waals surface area contributed by atoms with Crippen molar-refractivity contribution < 1.29 is 21.2 Å². The minimum absolute atomic E-state index is 0.0466. The Kier molecular flexibility index (Phi) is 3.57. The summed E-state index contributed by atoms with van der Waals surface area (Å²) < 4.78 is 42.6. The topological polar surface area (TPSA) is 78.6 Å². The van der Waals surface area contributed by atoms with Gasteiger partial charge in [0.15, 0.2) is 5.75 Å². The van der Waals surface area contributed by atoms with Crippen molar-refractivity contribution in [3.05, 3.63) is 48.5 Å². The number of para-hydroxylation sites is 1. The number of ether oxygens (including phenoxy) is 1. The van der Waals surface area contributed by atoms with Gasteiger partial charge in [0.25, 0.3) is 0 Å². The maximum absolute atomic E-state index is 12.4. The summed E-state index contributed by atoms with van der Waals surface area (Å²) in [4.78, 5) is 0. The number of anilines is 1. The highest BCUT2D eigenvalue weighted by Crippen LogP contribution is 2.30. The second-order valence-electron chi connectivity index (χ2n) is 3.59. The van der Waals surface area contributed by atoms with Crippen LogP contribution in [0, 0.1) is 0 Å². The largest absolute Gasteiger partial charge is 0.488 e. The molecule has 100 valence electrons. The third-order valence-corrected chi connectivity index (χ3v) is 2.53. The van der Waals surface area contributed by atoms with E-state index < -0.39 is 10.5 Å². The van der Waals surface area contributed by atoms with E-state index in [0.717, 1.165) is 0 Å². The molecular weight excluding hydrogens is 273 g/mol. The minimum Gasteiger partial charge on any atom is -0.457 e. The smallest absolute Gasteiger partial charge is 0.457 e. The summed E-state index contributed by atoms with van der Waals surface area (Å²) in [5.74, 6) is 0.684. The standard InChI is InChI=1S/C12H10FNO4S/c13-19(15,16)18-12-7-6-10(8-11(12)14)17-9-4-2-1-3-5-9/h1-8H,14H2. The Morgan fingerprint density at radius 1 is 1.00 bits per heavy atom. The van der Waals surface area contributed by atoms with E-state index >= 15 is 0 Å². The third-order valence-electron chi connectivity index (χ3n) is 2.15. The van der Waals surface area contributed by atoms with Gasteiger partial charge in [-0.1, -0.05) is 22.1 Å². The van der Waals surface area contributed by atoms with E-state index in [9.17, 15) is 12.3 Å². The summed E-state index contributed by atoms with van der Waals surface area (Å²) in [7, 11) is -5.09. The maximum Gasteiger partial charge on any atom is 0.488 e. The van der Waals surface area contributed by atoms with Crippen molar-refractivity contribution in [2.24, 2.45) is 0 Å². The Hall–Kier alpha value is -2.28. The number of halogens is 1. The van der Waals surface area contributed by atoms with E-state index in [4.69, 9.17) is 10.5 Å². The molecule has 2 aromatic rings. The molecule has 0 fully saturated rings. The zero-order valence-corrected chi connectivity index (χ0v) is 10.4.